The fraction of sp³-hybridized carbons (Fsp3) is 0.111. The maximum atomic E-state index is 13.0. The molecule has 2 N–H and O–H groups in total. The molecular formula is C18H14F3N3O2. The first kappa shape index (κ1) is 17.5. The minimum atomic E-state index is -3.01. The predicted molar refractivity (Wildman–Crippen MR) is 89.7 cm³/mol. The van der Waals surface area contributed by atoms with Gasteiger partial charge in [0.1, 0.15) is 17.3 Å². The maximum absolute atomic E-state index is 13.0. The largest absolute Gasteiger partial charge is 0.433 e. The van der Waals surface area contributed by atoms with E-state index in [1.165, 1.54) is 42.5 Å². The van der Waals surface area contributed by atoms with Gasteiger partial charge in [-0.15, -0.1) is 0 Å². The molecule has 134 valence electrons. The number of aromatic nitrogens is 2. The van der Waals surface area contributed by atoms with Gasteiger partial charge in [-0.05, 0) is 55.0 Å². The van der Waals surface area contributed by atoms with Crippen molar-refractivity contribution in [2.45, 2.75) is 13.5 Å². The van der Waals surface area contributed by atoms with Crippen LogP contribution in [0.2, 0.25) is 0 Å². The molecular weight excluding hydrogens is 347 g/mol. The van der Waals surface area contributed by atoms with Crippen LogP contribution in [0.3, 0.4) is 0 Å². The van der Waals surface area contributed by atoms with Crippen molar-refractivity contribution in [1.29, 1.82) is 0 Å². The molecule has 2 aromatic carbocycles. The van der Waals surface area contributed by atoms with Gasteiger partial charge in [-0.2, -0.15) is 13.9 Å². The standard InChI is InChI=1S/C18H14F3N3O2/c1-10-2-7-16(26-18(20)21)14(8-10)22-17(25)15-9-13(23-24-15)11-3-5-12(19)6-4-11/h2-9,18H,1H3,(H,22,25)(H,23,24). The summed E-state index contributed by atoms with van der Waals surface area (Å²) in [6.45, 7) is -1.25. The van der Waals surface area contributed by atoms with Gasteiger partial charge in [-0.3, -0.25) is 9.89 Å². The molecule has 1 heterocycles. The normalized spacial score (nSPS) is 10.8. The number of anilines is 1. The van der Waals surface area contributed by atoms with E-state index in [0.29, 0.717) is 11.3 Å². The highest BCUT2D eigenvalue weighted by Gasteiger charge is 2.16. The number of aromatic amines is 1. The molecule has 3 rings (SSSR count). The highest BCUT2D eigenvalue weighted by molar-refractivity contribution is 6.04. The molecule has 8 heteroatoms. The van der Waals surface area contributed by atoms with Crippen molar-refractivity contribution in [3.63, 3.8) is 0 Å². The average molecular weight is 361 g/mol. The van der Waals surface area contributed by atoms with Crippen LogP contribution in [0.15, 0.2) is 48.5 Å². The Morgan fingerprint density at radius 1 is 1.15 bits per heavy atom. The van der Waals surface area contributed by atoms with Crippen molar-refractivity contribution in [1.82, 2.24) is 10.2 Å². The first-order chi connectivity index (χ1) is 12.4. The zero-order valence-corrected chi connectivity index (χ0v) is 13.6. The number of rotatable bonds is 5. The first-order valence-electron chi connectivity index (χ1n) is 7.60. The summed E-state index contributed by atoms with van der Waals surface area (Å²) in [4.78, 5) is 12.4. The fourth-order valence-corrected chi connectivity index (χ4v) is 2.34. The number of ether oxygens (including phenoxy) is 1. The Kier molecular flexibility index (Phi) is 4.92. The summed E-state index contributed by atoms with van der Waals surface area (Å²) in [5.74, 6) is -1.10. The summed E-state index contributed by atoms with van der Waals surface area (Å²) < 4.78 is 42.4. The lowest BCUT2D eigenvalue weighted by atomic mass is 10.1. The molecule has 0 unspecified atom stereocenters. The van der Waals surface area contributed by atoms with Gasteiger partial charge >= 0.3 is 6.61 Å². The quantitative estimate of drug-likeness (QED) is 0.709. The van der Waals surface area contributed by atoms with Crippen molar-refractivity contribution in [3.8, 4) is 17.0 Å². The lowest BCUT2D eigenvalue weighted by molar-refractivity contribution is -0.0493. The molecule has 0 aliphatic rings. The molecule has 0 fully saturated rings. The average Bonchev–Trinajstić information content (AvgIpc) is 3.08. The second kappa shape index (κ2) is 7.30. The number of amides is 1. The van der Waals surface area contributed by atoms with E-state index in [9.17, 15) is 18.0 Å². The van der Waals surface area contributed by atoms with Crippen molar-refractivity contribution in [2.24, 2.45) is 0 Å². The van der Waals surface area contributed by atoms with Crippen LogP contribution in [-0.2, 0) is 0 Å². The van der Waals surface area contributed by atoms with Gasteiger partial charge in [0.2, 0.25) is 0 Å². The summed E-state index contributed by atoms with van der Waals surface area (Å²) in [6, 6.07) is 11.6. The van der Waals surface area contributed by atoms with Gasteiger partial charge in [-0.25, -0.2) is 4.39 Å². The Labute approximate surface area is 146 Å². The fourth-order valence-electron chi connectivity index (χ4n) is 2.34. The molecule has 1 aromatic heterocycles. The lowest BCUT2D eigenvalue weighted by Crippen LogP contribution is -2.14. The van der Waals surface area contributed by atoms with Gasteiger partial charge in [-0.1, -0.05) is 6.07 Å². The minimum Gasteiger partial charge on any atom is -0.433 e. The number of aryl methyl sites for hydroxylation is 1. The van der Waals surface area contributed by atoms with Crippen LogP contribution in [0.5, 0.6) is 5.75 Å². The molecule has 0 spiro atoms. The molecule has 26 heavy (non-hydrogen) atoms. The van der Waals surface area contributed by atoms with Crippen LogP contribution in [0.4, 0.5) is 18.9 Å². The smallest absolute Gasteiger partial charge is 0.387 e. The molecule has 1 amide bonds. The number of H-pyrrole nitrogens is 1. The molecule has 0 radical (unpaired) electrons. The number of carbonyl (C=O) groups is 1. The van der Waals surface area contributed by atoms with Crippen molar-refractivity contribution in [2.75, 3.05) is 5.32 Å². The van der Waals surface area contributed by atoms with Gasteiger partial charge in [0.15, 0.2) is 0 Å². The van der Waals surface area contributed by atoms with E-state index in [4.69, 9.17) is 0 Å². The molecule has 0 saturated heterocycles. The highest BCUT2D eigenvalue weighted by atomic mass is 19.3. The molecule has 0 saturated carbocycles. The van der Waals surface area contributed by atoms with Crippen molar-refractivity contribution in [3.05, 3.63) is 65.6 Å². The van der Waals surface area contributed by atoms with Crippen LogP contribution in [0.1, 0.15) is 16.1 Å². The molecule has 0 atom stereocenters. The lowest BCUT2D eigenvalue weighted by Gasteiger charge is -2.12. The van der Waals surface area contributed by atoms with Gasteiger partial charge in [0.25, 0.3) is 5.91 Å². The molecule has 0 aliphatic carbocycles. The third-order valence-corrected chi connectivity index (χ3v) is 3.56. The first-order valence-corrected chi connectivity index (χ1v) is 7.60. The van der Waals surface area contributed by atoms with Crippen LogP contribution in [0, 0.1) is 12.7 Å². The SMILES string of the molecule is Cc1ccc(OC(F)F)c(NC(=O)c2cc(-c3ccc(F)cc3)n[nH]2)c1. The van der Waals surface area contributed by atoms with Gasteiger partial charge in [0.05, 0.1) is 11.4 Å². The third kappa shape index (κ3) is 4.02. The summed E-state index contributed by atoms with van der Waals surface area (Å²) in [5, 5.41) is 9.10. The molecule has 5 nitrogen and oxygen atoms in total. The summed E-state index contributed by atoms with van der Waals surface area (Å²) in [6.07, 6.45) is 0. The number of nitrogens with zero attached hydrogens (tertiary/aromatic N) is 1. The Bertz CT molecular complexity index is 924. The van der Waals surface area contributed by atoms with E-state index in [-0.39, 0.29) is 22.9 Å². The number of alkyl halides is 2. The number of hydrogen-bond acceptors (Lipinski definition) is 3. The predicted octanol–water partition coefficient (Wildman–Crippen LogP) is 4.38. The van der Waals surface area contributed by atoms with Gasteiger partial charge in [0, 0.05) is 5.56 Å². The summed E-state index contributed by atoms with van der Waals surface area (Å²) >= 11 is 0. The summed E-state index contributed by atoms with van der Waals surface area (Å²) in [7, 11) is 0. The van der Waals surface area contributed by atoms with Crippen LogP contribution in [0.25, 0.3) is 11.3 Å². The van der Waals surface area contributed by atoms with E-state index in [2.05, 4.69) is 20.3 Å². The van der Waals surface area contributed by atoms with E-state index in [1.807, 2.05) is 0 Å². The third-order valence-electron chi connectivity index (χ3n) is 3.56. The molecule has 3 aromatic rings. The Balaban J connectivity index is 1.81. The number of carbonyl (C=O) groups excluding carboxylic acids is 1. The zero-order valence-electron chi connectivity index (χ0n) is 13.6. The monoisotopic (exact) mass is 361 g/mol. The van der Waals surface area contributed by atoms with Crippen LogP contribution in [-0.4, -0.2) is 22.7 Å². The Hall–Kier alpha value is -3.29. The molecule has 0 bridgehead atoms. The van der Waals surface area contributed by atoms with Gasteiger partial charge < -0.3 is 10.1 Å². The number of nitrogens with one attached hydrogen (secondary N) is 2. The van der Waals surface area contributed by atoms with E-state index in [0.717, 1.165) is 5.56 Å². The van der Waals surface area contributed by atoms with Crippen molar-refractivity contribution >= 4 is 11.6 Å². The summed E-state index contributed by atoms with van der Waals surface area (Å²) in [5.41, 5.74) is 2.07. The zero-order chi connectivity index (χ0) is 18.7. The highest BCUT2D eigenvalue weighted by Crippen LogP contribution is 2.28. The Morgan fingerprint density at radius 2 is 1.88 bits per heavy atom. The van der Waals surface area contributed by atoms with Crippen molar-refractivity contribution < 1.29 is 22.7 Å². The van der Waals surface area contributed by atoms with E-state index < -0.39 is 12.5 Å². The number of benzene rings is 2. The number of hydrogen-bond donors (Lipinski definition) is 2. The molecule has 0 aliphatic heterocycles. The van der Waals surface area contributed by atoms with E-state index >= 15 is 0 Å². The second-order valence-electron chi connectivity index (χ2n) is 5.51. The maximum Gasteiger partial charge on any atom is 0.387 e. The van der Waals surface area contributed by atoms with E-state index in [1.54, 1.807) is 13.0 Å². The van der Waals surface area contributed by atoms with Crippen LogP contribution < -0.4 is 10.1 Å². The van der Waals surface area contributed by atoms with Crippen LogP contribution >= 0.6 is 0 Å². The topological polar surface area (TPSA) is 67.0 Å². The Morgan fingerprint density at radius 3 is 2.58 bits per heavy atom. The minimum absolute atomic E-state index is 0.119. The number of halogens is 3. The second-order valence-corrected chi connectivity index (χ2v) is 5.51.